The Morgan fingerprint density at radius 3 is 2.38 bits per heavy atom. The summed E-state index contributed by atoms with van der Waals surface area (Å²) in [4.78, 5) is 65.3. The van der Waals surface area contributed by atoms with Gasteiger partial charge in [0.1, 0.15) is 24.6 Å². The highest BCUT2D eigenvalue weighted by Crippen LogP contribution is 2.52. The summed E-state index contributed by atoms with van der Waals surface area (Å²) >= 11 is 1.35. The maximum absolute atomic E-state index is 13.6. The molecule has 24 nitrogen and oxygen atoms in total. The largest absolute Gasteiger partial charge is 0.480 e. The van der Waals surface area contributed by atoms with E-state index in [9.17, 15) is 42.6 Å². The minimum Gasteiger partial charge on any atom is -0.480 e. The van der Waals surface area contributed by atoms with Crippen molar-refractivity contribution >= 4 is 58.6 Å². The highest BCUT2D eigenvalue weighted by atomic mass is 32.2. The number of thioether (sulfide) groups is 1. The summed E-state index contributed by atoms with van der Waals surface area (Å²) < 4.78 is 47.7. The number of rotatable bonds is 24. The van der Waals surface area contributed by atoms with Gasteiger partial charge in [-0.15, -0.1) is 30.6 Å². The first kappa shape index (κ1) is 52.7. The highest BCUT2D eigenvalue weighted by molar-refractivity contribution is 7.99. The van der Waals surface area contributed by atoms with E-state index in [1.54, 1.807) is 31.2 Å². The van der Waals surface area contributed by atoms with Crippen LogP contribution in [0.5, 0.6) is 0 Å². The second-order valence-corrected chi connectivity index (χ2v) is 17.9. The summed E-state index contributed by atoms with van der Waals surface area (Å²) in [6.07, 6.45) is -3.42. The van der Waals surface area contributed by atoms with Gasteiger partial charge in [0.2, 0.25) is 17.6 Å². The molecule has 0 saturated carbocycles. The molecule has 382 valence electrons. The fourth-order valence-electron chi connectivity index (χ4n) is 7.37. The Morgan fingerprint density at radius 1 is 0.986 bits per heavy atom. The monoisotopic (exact) mass is 1020 g/mol. The summed E-state index contributed by atoms with van der Waals surface area (Å²) in [6.45, 7) is 2.19. The van der Waals surface area contributed by atoms with Crippen molar-refractivity contribution < 1.29 is 52.4 Å². The fourth-order valence-corrected chi connectivity index (χ4v) is 8.47. The molecule has 7 N–H and O–H groups in total. The molecule has 28 heteroatoms. The van der Waals surface area contributed by atoms with E-state index in [1.165, 1.54) is 59.3 Å². The lowest BCUT2D eigenvalue weighted by atomic mass is 10.0. The number of carbonyl (C=O) groups excluding carboxylic acids is 3. The topological polar surface area (TPSA) is 327 Å². The first-order chi connectivity index (χ1) is 34.5. The average Bonchev–Trinajstić information content (AvgIpc) is 4.02. The van der Waals surface area contributed by atoms with Crippen LogP contribution >= 0.6 is 11.8 Å². The summed E-state index contributed by atoms with van der Waals surface area (Å²) in [7, 11) is 1.36. The number of nitrogens with two attached hydrogens (primary N) is 1. The molecular weight excluding hydrogens is 970 g/mol. The van der Waals surface area contributed by atoms with Crippen molar-refractivity contribution in [2.45, 2.75) is 88.0 Å². The van der Waals surface area contributed by atoms with Gasteiger partial charge in [0, 0.05) is 61.8 Å². The maximum atomic E-state index is 13.6. The molecule has 2 aliphatic heterocycles. The van der Waals surface area contributed by atoms with Crippen LogP contribution < -0.4 is 16.4 Å². The number of aliphatic carboxylic acids is 1. The lowest BCUT2D eigenvalue weighted by Crippen LogP contribution is -2.40. The molecule has 1 saturated heterocycles. The lowest BCUT2D eigenvalue weighted by molar-refractivity contribution is -0.166. The Bertz CT molecular complexity index is 2750. The Labute approximate surface area is 412 Å². The maximum Gasteiger partial charge on any atom is 0.442 e. The van der Waals surface area contributed by atoms with Crippen molar-refractivity contribution in [3.63, 3.8) is 0 Å². The number of alkyl halides is 3. The third-order valence-electron chi connectivity index (χ3n) is 11.5. The summed E-state index contributed by atoms with van der Waals surface area (Å²) in [5.41, 5.74) is 4.92. The third kappa shape index (κ3) is 12.8. The van der Waals surface area contributed by atoms with Gasteiger partial charge in [-0.25, -0.2) is 20.0 Å². The zero-order valence-electron chi connectivity index (χ0n) is 38.8. The normalized spacial score (nSPS) is 18.6. The van der Waals surface area contributed by atoms with Gasteiger partial charge in [0.15, 0.2) is 29.0 Å². The number of fused-ring (bicyclic) bond motifs is 1. The van der Waals surface area contributed by atoms with Crippen molar-refractivity contribution in [3.05, 3.63) is 83.7 Å². The quantitative estimate of drug-likeness (QED) is 0.0294. The molecule has 5 aromatic rings. The first-order valence-corrected chi connectivity index (χ1v) is 23.7. The molecule has 72 heavy (non-hydrogen) atoms. The van der Waals surface area contributed by atoms with Crippen LogP contribution in [-0.4, -0.2) is 164 Å². The molecule has 5 heterocycles. The predicted molar refractivity (Wildman–Crippen MR) is 252 cm³/mol. The van der Waals surface area contributed by atoms with E-state index in [0.29, 0.717) is 77.2 Å². The van der Waals surface area contributed by atoms with Crippen LogP contribution in [-0.2, 0) is 31.3 Å². The number of aliphatic hydroxyl groups is 2. The number of aromatic nitrogens is 8. The molecule has 3 amide bonds. The second kappa shape index (κ2) is 23.4. The van der Waals surface area contributed by atoms with Gasteiger partial charge in [-0.1, -0.05) is 36.4 Å². The van der Waals surface area contributed by atoms with Crippen LogP contribution in [0.1, 0.15) is 65.6 Å². The Morgan fingerprint density at radius 2 is 1.69 bits per heavy atom. The molecule has 2 aliphatic rings. The number of anilines is 1. The van der Waals surface area contributed by atoms with Crippen molar-refractivity contribution in [2.24, 2.45) is 21.1 Å². The van der Waals surface area contributed by atoms with Crippen molar-refractivity contribution in [2.75, 3.05) is 43.5 Å². The first-order valence-electron chi connectivity index (χ1n) is 22.5. The van der Waals surface area contributed by atoms with E-state index in [2.05, 4.69) is 61.3 Å². The molecule has 0 radical (unpaired) electrons. The number of hydrazone groups is 1. The number of imidazole rings is 1. The van der Waals surface area contributed by atoms with Crippen LogP contribution in [0.2, 0.25) is 0 Å². The van der Waals surface area contributed by atoms with Gasteiger partial charge in [-0.3, -0.25) is 23.7 Å². The Hall–Kier alpha value is -7.14. The van der Waals surface area contributed by atoms with Crippen LogP contribution in [0.15, 0.2) is 76.5 Å². The molecule has 0 bridgehead atoms. The number of hydrogen-bond donors (Lipinski definition) is 6. The number of carbonyl (C=O) groups is 4. The number of aliphatic hydroxyl groups excluding tert-OH is 2. The molecule has 4 unspecified atom stereocenters. The molecule has 3 aromatic heterocycles. The number of amides is 3. The lowest BCUT2D eigenvalue weighted by Gasteiger charge is -2.22. The van der Waals surface area contributed by atoms with Gasteiger partial charge in [0.05, 0.1) is 19.0 Å². The SMILES string of the molecule is Cc1nnc(-c2ccc(CN(CC(=O)NCCCCNc3ncnc4c3ncn4C3OC(CSCC[C@H](N)C(=O)O)C(O)C3O)C(=O)CCC=NN(C)C(=O)c3ccc(C4(C(F)(F)F)N=N4)cc3)cc2)nn1. The van der Waals surface area contributed by atoms with E-state index >= 15 is 0 Å². The third-order valence-corrected chi connectivity index (χ3v) is 12.6. The zero-order valence-corrected chi connectivity index (χ0v) is 39.6. The van der Waals surface area contributed by atoms with Gasteiger partial charge >= 0.3 is 17.8 Å². The number of aryl methyl sites for hydroxylation is 1. The number of benzene rings is 2. The van der Waals surface area contributed by atoms with E-state index in [4.69, 9.17) is 15.6 Å². The highest BCUT2D eigenvalue weighted by Gasteiger charge is 2.65. The standard InChI is InChI=1S/C44H51F3N16O8S/c1-25-55-57-37(58-56-25)27-9-7-26(8-10-27)20-62(33(65)6-5-18-54-61(2)40(68)28-11-13-29(14-12-28)43(59-60-43)44(45,46)47)21-32(64)49-16-3-4-17-50-38-34-39(52-23-51-38)63(24-53-34)41-36(67)35(66)31(71-41)22-72-19-15-30(48)42(69)70/h7-14,18,23-24,30-31,35-36,41,66-67H,3-6,15-17,19-22,48H2,1-2H3,(H,49,64)(H,69,70)(H,50,51,52)/t30-,31?,35?,36?,41?/m0/s1. The number of carboxylic acid groups (broad SMARTS) is 1. The molecular formula is C44H51F3N16O8S. The minimum absolute atomic E-state index is 0.0731. The van der Waals surface area contributed by atoms with Crippen LogP contribution in [0.3, 0.4) is 0 Å². The van der Waals surface area contributed by atoms with Crippen LogP contribution in [0.4, 0.5) is 19.0 Å². The number of nitrogens with zero attached hydrogens (tertiary/aromatic N) is 13. The van der Waals surface area contributed by atoms with E-state index in [1.807, 2.05) is 0 Å². The Balaban J connectivity index is 0.889. The van der Waals surface area contributed by atoms with Crippen molar-refractivity contribution in [1.29, 1.82) is 0 Å². The molecule has 0 spiro atoms. The number of hydrogen-bond acceptors (Lipinski definition) is 20. The van der Waals surface area contributed by atoms with Gasteiger partial charge in [-0.2, -0.15) is 30.0 Å². The van der Waals surface area contributed by atoms with Crippen molar-refractivity contribution in [1.82, 2.24) is 55.1 Å². The number of halogens is 3. The number of unbranched alkanes of at least 4 members (excludes halogenated alkanes) is 1. The minimum atomic E-state index is -4.71. The number of carboxylic acids is 1. The van der Waals surface area contributed by atoms with E-state index in [-0.39, 0.29) is 49.4 Å². The van der Waals surface area contributed by atoms with Gasteiger partial charge < -0.3 is 41.3 Å². The summed E-state index contributed by atoms with van der Waals surface area (Å²) in [5.74, 6) is -0.615. The number of nitrogens with one attached hydrogen (secondary N) is 2. The molecule has 2 aromatic carbocycles. The fraction of sp³-hybridized carbons (Fsp3) is 0.455. The van der Waals surface area contributed by atoms with Gasteiger partial charge in [-0.05, 0) is 56.1 Å². The number of ether oxygens (including phenoxy) is 1. The summed E-state index contributed by atoms with van der Waals surface area (Å²) in [6, 6.07) is 10.8. The van der Waals surface area contributed by atoms with Gasteiger partial charge in [0.25, 0.3) is 5.91 Å². The predicted octanol–water partition coefficient (Wildman–Crippen LogP) is 2.59. The molecule has 7 rings (SSSR count). The van der Waals surface area contributed by atoms with Crippen LogP contribution in [0.25, 0.3) is 22.6 Å². The van der Waals surface area contributed by atoms with Crippen molar-refractivity contribution in [3.8, 4) is 11.4 Å². The van der Waals surface area contributed by atoms with E-state index < -0.39 is 60.2 Å². The zero-order chi connectivity index (χ0) is 51.6. The molecule has 1 fully saturated rings. The second-order valence-electron chi connectivity index (χ2n) is 16.7. The summed E-state index contributed by atoms with van der Waals surface area (Å²) in [5, 5.41) is 64.1. The average molecular weight is 1020 g/mol. The van der Waals surface area contributed by atoms with E-state index in [0.717, 1.165) is 17.1 Å². The molecule has 5 atom stereocenters. The van der Waals surface area contributed by atoms with Crippen LogP contribution in [0, 0.1) is 6.92 Å². The Kier molecular flexibility index (Phi) is 17.1. The smallest absolute Gasteiger partial charge is 0.442 e. The molecule has 0 aliphatic carbocycles.